The highest BCUT2D eigenvalue weighted by atomic mass is 28.3. The Morgan fingerprint density at radius 1 is 1.06 bits per heavy atom. The molecule has 2 atom stereocenters. The van der Waals surface area contributed by atoms with Gasteiger partial charge >= 0.3 is 0 Å². The lowest BCUT2D eigenvalue weighted by atomic mass is 10.0. The van der Waals surface area contributed by atoms with Crippen molar-refractivity contribution in [3.8, 4) is 0 Å². The Kier molecular flexibility index (Phi) is 4.96. The molecule has 2 heteroatoms. The van der Waals surface area contributed by atoms with Crippen molar-refractivity contribution < 1.29 is 5.11 Å². The number of rotatable bonds is 5. The van der Waals surface area contributed by atoms with Crippen LogP contribution in [0.2, 0.25) is 18.6 Å². The predicted octanol–water partition coefficient (Wildman–Crippen LogP) is 3.40. The van der Waals surface area contributed by atoms with Gasteiger partial charge in [0.2, 0.25) is 0 Å². The molecule has 0 aliphatic rings. The lowest BCUT2D eigenvalue weighted by Crippen LogP contribution is -2.46. The molecule has 0 aliphatic heterocycles. The lowest BCUT2D eigenvalue weighted by molar-refractivity contribution is 0.115. The van der Waals surface area contributed by atoms with E-state index in [1.807, 2.05) is 0 Å². The summed E-state index contributed by atoms with van der Waals surface area (Å²) >= 11 is 0. The maximum atomic E-state index is 10.0. The third kappa shape index (κ3) is 3.68. The highest BCUT2D eigenvalue weighted by Gasteiger charge is 2.31. The highest BCUT2D eigenvalue weighted by Crippen LogP contribution is 2.28. The molecule has 0 saturated carbocycles. The fraction of sp³-hybridized carbons (Fsp3) is 0.600. The number of aliphatic hydroxyl groups excluding tert-OH is 1. The van der Waals surface area contributed by atoms with Crippen molar-refractivity contribution in [1.29, 1.82) is 0 Å². The lowest BCUT2D eigenvalue weighted by Gasteiger charge is -2.32. The van der Waals surface area contributed by atoms with Crippen LogP contribution in [0.4, 0.5) is 0 Å². The number of aliphatic hydroxyl groups is 1. The van der Waals surface area contributed by atoms with Crippen molar-refractivity contribution in [2.75, 3.05) is 0 Å². The molecule has 17 heavy (non-hydrogen) atoms. The number of hydrogen-bond donors (Lipinski definition) is 1. The zero-order chi connectivity index (χ0) is 13.1. The Bertz CT molecular complexity index is 332. The van der Waals surface area contributed by atoms with E-state index >= 15 is 0 Å². The zero-order valence-corrected chi connectivity index (χ0v) is 12.8. The second kappa shape index (κ2) is 5.83. The first-order valence-corrected chi connectivity index (χ1v) is 9.67. The highest BCUT2D eigenvalue weighted by molar-refractivity contribution is 6.90. The topological polar surface area (TPSA) is 20.2 Å². The Morgan fingerprint density at radius 2 is 1.59 bits per heavy atom. The van der Waals surface area contributed by atoms with E-state index in [4.69, 9.17) is 0 Å². The summed E-state index contributed by atoms with van der Waals surface area (Å²) in [5.41, 5.74) is 0.599. The minimum Gasteiger partial charge on any atom is -0.393 e. The van der Waals surface area contributed by atoms with E-state index in [0.717, 1.165) is 6.42 Å². The third-order valence-corrected chi connectivity index (χ3v) is 8.64. The Hall–Kier alpha value is -0.603. The van der Waals surface area contributed by atoms with Gasteiger partial charge < -0.3 is 5.11 Å². The molecule has 96 valence electrons. The fourth-order valence-electron chi connectivity index (χ4n) is 2.08. The molecule has 1 N–H and O–H groups in total. The van der Waals surface area contributed by atoms with Gasteiger partial charge in [0.25, 0.3) is 0 Å². The number of benzene rings is 1. The van der Waals surface area contributed by atoms with Crippen molar-refractivity contribution in [3.05, 3.63) is 30.3 Å². The van der Waals surface area contributed by atoms with Crippen LogP contribution < -0.4 is 5.19 Å². The summed E-state index contributed by atoms with van der Waals surface area (Å²) in [5.74, 6) is 0.359. The average Bonchev–Trinajstić information content (AvgIpc) is 2.29. The Morgan fingerprint density at radius 3 is 2.06 bits per heavy atom. The van der Waals surface area contributed by atoms with E-state index < -0.39 is 8.07 Å². The second-order valence-electron chi connectivity index (χ2n) is 6.04. The largest absolute Gasteiger partial charge is 0.393 e. The first-order chi connectivity index (χ1) is 7.85. The molecule has 0 fully saturated rings. The maximum Gasteiger partial charge on any atom is 0.0835 e. The van der Waals surface area contributed by atoms with Crippen LogP contribution in [0.1, 0.15) is 27.2 Å². The SMILES string of the molecule is CC(C)[C@H](O)C[C@H](C)[Si](C)(C)c1ccccc1. The quantitative estimate of drug-likeness (QED) is 0.794. The van der Waals surface area contributed by atoms with Crippen LogP contribution >= 0.6 is 0 Å². The second-order valence-corrected chi connectivity index (χ2v) is 11.0. The molecule has 1 aromatic carbocycles. The molecule has 0 unspecified atom stereocenters. The minimum absolute atomic E-state index is 0.166. The number of hydrogen-bond acceptors (Lipinski definition) is 1. The normalized spacial score (nSPS) is 15.9. The van der Waals surface area contributed by atoms with E-state index in [1.165, 1.54) is 5.19 Å². The smallest absolute Gasteiger partial charge is 0.0835 e. The monoisotopic (exact) mass is 250 g/mol. The van der Waals surface area contributed by atoms with Crippen molar-refractivity contribution in [2.45, 2.75) is 51.9 Å². The molecule has 0 aromatic heterocycles. The molecule has 0 aliphatic carbocycles. The predicted molar refractivity (Wildman–Crippen MR) is 78.4 cm³/mol. The van der Waals surface area contributed by atoms with Gasteiger partial charge in [-0.2, -0.15) is 0 Å². The van der Waals surface area contributed by atoms with Gasteiger partial charge in [-0.25, -0.2) is 0 Å². The van der Waals surface area contributed by atoms with E-state index in [0.29, 0.717) is 11.5 Å². The summed E-state index contributed by atoms with van der Waals surface area (Å²) < 4.78 is 0. The molecule has 1 rings (SSSR count). The first kappa shape index (κ1) is 14.5. The molecule has 1 aromatic rings. The average molecular weight is 250 g/mol. The van der Waals surface area contributed by atoms with Crippen molar-refractivity contribution in [2.24, 2.45) is 5.92 Å². The summed E-state index contributed by atoms with van der Waals surface area (Å²) in [6.07, 6.45) is 0.756. The van der Waals surface area contributed by atoms with E-state index in [-0.39, 0.29) is 6.10 Å². The summed E-state index contributed by atoms with van der Waals surface area (Å²) in [6.45, 7) is 11.3. The third-order valence-electron chi connectivity index (χ3n) is 4.11. The van der Waals surface area contributed by atoms with Crippen molar-refractivity contribution in [3.63, 3.8) is 0 Å². The van der Waals surface area contributed by atoms with Crippen molar-refractivity contribution in [1.82, 2.24) is 0 Å². The molecule has 1 nitrogen and oxygen atoms in total. The summed E-state index contributed by atoms with van der Waals surface area (Å²) in [4.78, 5) is 0. The first-order valence-electron chi connectivity index (χ1n) is 6.59. The molecule has 0 bridgehead atoms. The molecular formula is C15H26OSi. The molecule has 0 amide bonds. The molecule has 0 radical (unpaired) electrons. The van der Waals surface area contributed by atoms with E-state index in [2.05, 4.69) is 64.2 Å². The van der Waals surface area contributed by atoms with Crippen LogP contribution in [0.5, 0.6) is 0 Å². The van der Waals surface area contributed by atoms with Gasteiger partial charge in [0.05, 0.1) is 14.2 Å². The van der Waals surface area contributed by atoms with E-state index in [9.17, 15) is 5.11 Å². The van der Waals surface area contributed by atoms with Gasteiger partial charge in [0.15, 0.2) is 0 Å². The van der Waals surface area contributed by atoms with Crippen LogP contribution in [0.25, 0.3) is 0 Å². The zero-order valence-electron chi connectivity index (χ0n) is 11.8. The molecular weight excluding hydrogens is 224 g/mol. The van der Waals surface area contributed by atoms with Gasteiger partial charge in [0, 0.05) is 0 Å². The standard InChI is InChI=1S/C15H26OSi/c1-12(2)15(16)11-13(3)17(4,5)14-9-7-6-8-10-14/h6-10,12-13,15-16H,11H2,1-5H3/t13-,15+/m0/s1. The molecule has 0 spiro atoms. The van der Waals surface area contributed by atoms with Crippen LogP contribution in [0.15, 0.2) is 30.3 Å². The van der Waals surface area contributed by atoms with Gasteiger partial charge in [0.1, 0.15) is 0 Å². The van der Waals surface area contributed by atoms with Gasteiger partial charge in [-0.15, -0.1) is 0 Å². The Balaban J connectivity index is 2.77. The summed E-state index contributed by atoms with van der Waals surface area (Å²) in [7, 11) is -1.45. The van der Waals surface area contributed by atoms with Gasteiger partial charge in [-0.1, -0.05) is 69.4 Å². The summed E-state index contributed by atoms with van der Waals surface area (Å²) in [5, 5.41) is 11.5. The minimum atomic E-state index is -1.45. The van der Waals surface area contributed by atoms with Crippen molar-refractivity contribution >= 4 is 13.3 Å². The Labute approximate surface area is 107 Å². The van der Waals surface area contributed by atoms with Crippen LogP contribution in [-0.4, -0.2) is 19.3 Å². The van der Waals surface area contributed by atoms with E-state index in [1.54, 1.807) is 0 Å². The summed E-state index contributed by atoms with van der Waals surface area (Å²) in [6, 6.07) is 10.8. The molecule has 0 saturated heterocycles. The van der Waals surface area contributed by atoms with Gasteiger partial charge in [-0.05, 0) is 17.9 Å². The van der Waals surface area contributed by atoms with Gasteiger partial charge in [-0.3, -0.25) is 0 Å². The van der Waals surface area contributed by atoms with Crippen LogP contribution in [-0.2, 0) is 0 Å². The van der Waals surface area contributed by atoms with Crippen LogP contribution in [0.3, 0.4) is 0 Å². The fourth-order valence-corrected chi connectivity index (χ4v) is 4.53. The maximum absolute atomic E-state index is 10.0. The van der Waals surface area contributed by atoms with Crippen LogP contribution in [0, 0.1) is 5.92 Å². The molecule has 0 heterocycles.